The van der Waals surface area contributed by atoms with Crippen molar-refractivity contribution in [2.24, 2.45) is 5.73 Å². The number of rotatable bonds is 4. The molecule has 0 fully saturated rings. The minimum absolute atomic E-state index is 0.0853. The van der Waals surface area contributed by atoms with E-state index in [1.807, 2.05) is 24.3 Å². The molecule has 0 aromatic heterocycles. The molecule has 4 heteroatoms. The van der Waals surface area contributed by atoms with Crippen LogP contribution < -0.4 is 10.5 Å². The molecule has 0 saturated carbocycles. The number of halogens is 2. The topological polar surface area (TPSA) is 35.2 Å². The van der Waals surface area contributed by atoms with Gasteiger partial charge in [-0.05, 0) is 23.3 Å². The molecule has 2 N–H and O–H groups in total. The highest BCUT2D eigenvalue weighted by molar-refractivity contribution is 5.26. The summed E-state index contributed by atoms with van der Waals surface area (Å²) in [6.07, 6.45) is 0. The van der Waals surface area contributed by atoms with E-state index in [-0.39, 0.29) is 12.4 Å². The zero-order chi connectivity index (χ0) is 13.0. The maximum Gasteiger partial charge on any atom is 0.200 e. The van der Waals surface area contributed by atoms with Crippen molar-refractivity contribution in [3.8, 4) is 5.75 Å². The monoisotopic (exact) mass is 249 g/mol. The smallest absolute Gasteiger partial charge is 0.200 e. The van der Waals surface area contributed by atoms with Crippen molar-refractivity contribution in [2.45, 2.75) is 13.2 Å². The summed E-state index contributed by atoms with van der Waals surface area (Å²) in [6.45, 7) is 0.658. The van der Waals surface area contributed by atoms with E-state index in [1.165, 1.54) is 12.1 Å². The normalized spacial score (nSPS) is 10.4. The number of ether oxygens (including phenoxy) is 1. The fraction of sp³-hybridized carbons (Fsp3) is 0.143. The SMILES string of the molecule is NCc1ccc(COc2cccc(F)c2F)cc1. The Balaban J connectivity index is 2.04. The molecule has 0 aliphatic rings. The van der Waals surface area contributed by atoms with Gasteiger partial charge >= 0.3 is 0 Å². The van der Waals surface area contributed by atoms with E-state index in [1.54, 1.807) is 0 Å². The van der Waals surface area contributed by atoms with Crippen LogP contribution >= 0.6 is 0 Å². The van der Waals surface area contributed by atoms with Crippen molar-refractivity contribution in [1.82, 2.24) is 0 Å². The van der Waals surface area contributed by atoms with E-state index < -0.39 is 11.6 Å². The molecule has 0 unspecified atom stereocenters. The van der Waals surface area contributed by atoms with Crippen LogP contribution in [0.2, 0.25) is 0 Å². The molecule has 2 nitrogen and oxygen atoms in total. The van der Waals surface area contributed by atoms with E-state index in [0.29, 0.717) is 6.54 Å². The van der Waals surface area contributed by atoms with Gasteiger partial charge in [-0.3, -0.25) is 0 Å². The Morgan fingerprint density at radius 2 is 1.61 bits per heavy atom. The summed E-state index contributed by atoms with van der Waals surface area (Å²) in [7, 11) is 0. The van der Waals surface area contributed by atoms with Gasteiger partial charge in [0, 0.05) is 6.54 Å². The minimum Gasteiger partial charge on any atom is -0.486 e. The molecule has 2 aromatic rings. The predicted molar refractivity (Wildman–Crippen MR) is 65.0 cm³/mol. The van der Waals surface area contributed by atoms with Crippen molar-refractivity contribution in [2.75, 3.05) is 0 Å². The van der Waals surface area contributed by atoms with Gasteiger partial charge in [-0.15, -0.1) is 0 Å². The molecule has 18 heavy (non-hydrogen) atoms. The second-order valence-corrected chi connectivity index (χ2v) is 3.86. The van der Waals surface area contributed by atoms with Crippen molar-refractivity contribution in [1.29, 1.82) is 0 Å². The molecule has 0 spiro atoms. The van der Waals surface area contributed by atoms with Crippen LogP contribution in [0.1, 0.15) is 11.1 Å². The minimum atomic E-state index is -0.962. The van der Waals surface area contributed by atoms with Gasteiger partial charge in [0.1, 0.15) is 6.61 Å². The summed E-state index contributed by atoms with van der Waals surface area (Å²) in [4.78, 5) is 0. The maximum atomic E-state index is 13.3. The van der Waals surface area contributed by atoms with Crippen molar-refractivity contribution in [3.63, 3.8) is 0 Å². The van der Waals surface area contributed by atoms with E-state index in [4.69, 9.17) is 10.5 Å². The largest absolute Gasteiger partial charge is 0.486 e. The summed E-state index contributed by atoms with van der Waals surface area (Å²) in [6, 6.07) is 11.3. The van der Waals surface area contributed by atoms with Gasteiger partial charge in [0.05, 0.1) is 0 Å². The molecule has 0 atom stereocenters. The van der Waals surface area contributed by atoms with Gasteiger partial charge in [0.2, 0.25) is 5.82 Å². The second-order valence-electron chi connectivity index (χ2n) is 3.86. The van der Waals surface area contributed by atoms with Crippen LogP contribution in [0.4, 0.5) is 8.78 Å². The number of nitrogens with two attached hydrogens (primary N) is 1. The lowest BCUT2D eigenvalue weighted by molar-refractivity contribution is 0.284. The van der Waals surface area contributed by atoms with Crippen molar-refractivity contribution < 1.29 is 13.5 Å². The third-order valence-corrected chi connectivity index (χ3v) is 2.57. The lowest BCUT2D eigenvalue weighted by Crippen LogP contribution is -2.00. The molecule has 0 heterocycles. The summed E-state index contributed by atoms with van der Waals surface area (Å²) in [5.41, 5.74) is 7.36. The Morgan fingerprint density at radius 1 is 0.944 bits per heavy atom. The summed E-state index contributed by atoms with van der Waals surface area (Å²) < 4.78 is 31.5. The van der Waals surface area contributed by atoms with Crippen LogP contribution in [0.15, 0.2) is 42.5 Å². The van der Waals surface area contributed by atoms with Crippen molar-refractivity contribution in [3.05, 3.63) is 65.2 Å². The predicted octanol–water partition coefficient (Wildman–Crippen LogP) is 3.00. The highest BCUT2D eigenvalue weighted by Gasteiger charge is 2.08. The van der Waals surface area contributed by atoms with Gasteiger partial charge in [0.25, 0.3) is 0 Å². The fourth-order valence-electron chi connectivity index (χ4n) is 1.53. The molecule has 0 saturated heterocycles. The Bertz CT molecular complexity index is 526. The zero-order valence-electron chi connectivity index (χ0n) is 9.70. The molecule has 0 amide bonds. The Kier molecular flexibility index (Phi) is 3.89. The van der Waals surface area contributed by atoms with Crippen LogP contribution in [0.3, 0.4) is 0 Å². The molecule has 2 aromatic carbocycles. The highest BCUT2D eigenvalue weighted by Crippen LogP contribution is 2.20. The molecule has 94 valence electrons. The number of hydrogen-bond acceptors (Lipinski definition) is 2. The van der Waals surface area contributed by atoms with Crippen molar-refractivity contribution >= 4 is 0 Å². The number of benzene rings is 2. The average Bonchev–Trinajstić information content (AvgIpc) is 2.41. The molecule has 2 rings (SSSR count). The van der Waals surface area contributed by atoms with Gasteiger partial charge < -0.3 is 10.5 Å². The van der Waals surface area contributed by atoms with E-state index in [9.17, 15) is 8.78 Å². The fourth-order valence-corrected chi connectivity index (χ4v) is 1.53. The third-order valence-electron chi connectivity index (χ3n) is 2.57. The first-order chi connectivity index (χ1) is 8.70. The van der Waals surface area contributed by atoms with Crippen LogP contribution in [0.5, 0.6) is 5.75 Å². The van der Waals surface area contributed by atoms with Gasteiger partial charge in [-0.2, -0.15) is 4.39 Å². The summed E-state index contributed by atoms with van der Waals surface area (Å²) >= 11 is 0. The van der Waals surface area contributed by atoms with E-state index >= 15 is 0 Å². The Hall–Kier alpha value is -1.94. The first-order valence-corrected chi connectivity index (χ1v) is 5.55. The van der Waals surface area contributed by atoms with Crippen LogP contribution in [-0.2, 0) is 13.2 Å². The second kappa shape index (κ2) is 5.60. The molecular weight excluding hydrogens is 236 g/mol. The first-order valence-electron chi connectivity index (χ1n) is 5.55. The lowest BCUT2D eigenvalue weighted by Gasteiger charge is -2.08. The number of hydrogen-bond donors (Lipinski definition) is 1. The standard InChI is InChI=1S/C14H13F2NO/c15-12-2-1-3-13(14(12)16)18-9-11-6-4-10(8-17)5-7-11/h1-7H,8-9,17H2. The first kappa shape index (κ1) is 12.5. The average molecular weight is 249 g/mol. The lowest BCUT2D eigenvalue weighted by atomic mass is 10.1. The summed E-state index contributed by atoms with van der Waals surface area (Å²) in [5, 5.41) is 0. The molecule has 0 radical (unpaired) electrons. The van der Waals surface area contributed by atoms with Crippen LogP contribution in [-0.4, -0.2) is 0 Å². The van der Waals surface area contributed by atoms with Crippen LogP contribution in [0, 0.1) is 11.6 Å². The van der Waals surface area contributed by atoms with E-state index in [2.05, 4.69) is 0 Å². The summed E-state index contributed by atoms with van der Waals surface area (Å²) in [5.74, 6) is -1.96. The molecule has 0 aliphatic carbocycles. The molecule has 0 bridgehead atoms. The van der Waals surface area contributed by atoms with E-state index in [0.717, 1.165) is 17.2 Å². The van der Waals surface area contributed by atoms with Crippen LogP contribution in [0.25, 0.3) is 0 Å². The van der Waals surface area contributed by atoms with Gasteiger partial charge in [0.15, 0.2) is 11.6 Å². The maximum absolute atomic E-state index is 13.3. The van der Waals surface area contributed by atoms with Gasteiger partial charge in [-0.25, -0.2) is 4.39 Å². The van der Waals surface area contributed by atoms with Gasteiger partial charge in [-0.1, -0.05) is 30.3 Å². The third kappa shape index (κ3) is 2.84. The zero-order valence-corrected chi connectivity index (χ0v) is 9.70. The molecular formula is C14H13F2NO. The quantitative estimate of drug-likeness (QED) is 0.904. The molecule has 0 aliphatic heterocycles. The highest BCUT2D eigenvalue weighted by atomic mass is 19.2. The Morgan fingerprint density at radius 3 is 2.28 bits per heavy atom. The Labute approximate surface area is 104 Å².